The number of rotatable bonds is 5. The summed E-state index contributed by atoms with van der Waals surface area (Å²) >= 11 is 7.53. The summed E-state index contributed by atoms with van der Waals surface area (Å²) in [5.74, 6) is -0.0794. The van der Waals surface area contributed by atoms with E-state index in [0.717, 1.165) is 34.0 Å². The quantitative estimate of drug-likeness (QED) is 0.776. The van der Waals surface area contributed by atoms with Crippen LogP contribution in [0.1, 0.15) is 36.4 Å². The van der Waals surface area contributed by atoms with Gasteiger partial charge in [0.15, 0.2) is 0 Å². The highest BCUT2D eigenvalue weighted by Crippen LogP contribution is 2.32. The second kappa shape index (κ2) is 9.15. The summed E-state index contributed by atoms with van der Waals surface area (Å²) in [6, 6.07) is 7.49. The molecule has 3 N–H and O–H groups in total. The van der Waals surface area contributed by atoms with Gasteiger partial charge in [0.05, 0.1) is 22.7 Å². The van der Waals surface area contributed by atoms with E-state index >= 15 is 0 Å². The van der Waals surface area contributed by atoms with E-state index in [9.17, 15) is 4.79 Å². The van der Waals surface area contributed by atoms with Crippen LogP contribution < -0.4 is 11.1 Å². The Morgan fingerprint density at radius 2 is 2.12 bits per heavy atom. The van der Waals surface area contributed by atoms with Gasteiger partial charge in [-0.25, -0.2) is 4.98 Å². The summed E-state index contributed by atoms with van der Waals surface area (Å²) < 4.78 is 5.66. The number of halogens is 2. The second-order valence-corrected chi connectivity index (χ2v) is 7.73. The molecule has 3 atom stereocenters. The van der Waals surface area contributed by atoms with Crippen LogP contribution in [-0.2, 0) is 9.53 Å². The highest BCUT2D eigenvalue weighted by Gasteiger charge is 2.31. The number of carbonyl (C=O) groups is 1. The standard InChI is InChI=1S/C18H22ClN3O2S.ClH/c1-10(21-17(23)15-8-7-14(9-20)24-15)16-11(2)22-18(25-16)12-3-5-13(19)6-4-12;/h3-6,10,14-15H,7-9,20H2,1-2H3,(H,21,23);1H/t10?,14-,15+;/m1./s1. The number of hydrogen-bond donors (Lipinski definition) is 2. The van der Waals surface area contributed by atoms with Crippen molar-refractivity contribution in [3.05, 3.63) is 39.9 Å². The van der Waals surface area contributed by atoms with E-state index in [1.807, 2.05) is 38.1 Å². The van der Waals surface area contributed by atoms with Crippen LogP contribution in [-0.4, -0.2) is 29.6 Å². The van der Waals surface area contributed by atoms with Crippen molar-refractivity contribution in [3.63, 3.8) is 0 Å². The molecule has 2 aromatic rings. The van der Waals surface area contributed by atoms with Crippen LogP contribution in [0.3, 0.4) is 0 Å². The first-order valence-corrected chi connectivity index (χ1v) is 9.56. The van der Waals surface area contributed by atoms with Crippen molar-refractivity contribution in [2.45, 2.75) is 44.9 Å². The van der Waals surface area contributed by atoms with Crippen LogP contribution >= 0.6 is 35.3 Å². The van der Waals surface area contributed by atoms with Crippen molar-refractivity contribution >= 4 is 41.3 Å². The molecule has 1 unspecified atom stereocenters. The Bertz CT molecular complexity index is 751. The topological polar surface area (TPSA) is 77.2 Å². The van der Waals surface area contributed by atoms with Gasteiger partial charge >= 0.3 is 0 Å². The normalized spacial score (nSPS) is 20.5. The highest BCUT2D eigenvalue weighted by atomic mass is 35.5. The van der Waals surface area contributed by atoms with Crippen LogP contribution in [0.25, 0.3) is 10.6 Å². The minimum absolute atomic E-state index is 0. The molecule has 0 saturated carbocycles. The molecule has 1 aliphatic rings. The van der Waals surface area contributed by atoms with E-state index in [2.05, 4.69) is 10.3 Å². The molecule has 1 aromatic heterocycles. The zero-order chi connectivity index (χ0) is 18.0. The van der Waals surface area contributed by atoms with Gasteiger partial charge in [0, 0.05) is 17.1 Å². The summed E-state index contributed by atoms with van der Waals surface area (Å²) in [5.41, 5.74) is 7.55. The molecule has 1 fully saturated rings. The average Bonchev–Trinajstić information content (AvgIpc) is 3.22. The predicted molar refractivity (Wildman–Crippen MR) is 108 cm³/mol. The summed E-state index contributed by atoms with van der Waals surface area (Å²) in [5, 5.41) is 4.66. The van der Waals surface area contributed by atoms with E-state index in [0.29, 0.717) is 11.6 Å². The molecule has 1 saturated heterocycles. The summed E-state index contributed by atoms with van der Waals surface area (Å²) in [6.45, 7) is 4.39. The molecule has 1 aliphatic heterocycles. The zero-order valence-corrected chi connectivity index (χ0v) is 17.1. The van der Waals surface area contributed by atoms with E-state index < -0.39 is 6.10 Å². The van der Waals surface area contributed by atoms with E-state index in [-0.39, 0.29) is 30.5 Å². The SMILES string of the molecule is Cc1nc(-c2ccc(Cl)cc2)sc1C(C)NC(=O)[C@@H]1CC[C@H](CN)O1.Cl. The highest BCUT2D eigenvalue weighted by molar-refractivity contribution is 7.15. The van der Waals surface area contributed by atoms with Gasteiger partial charge in [-0.3, -0.25) is 4.79 Å². The lowest BCUT2D eigenvalue weighted by atomic mass is 10.1. The minimum atomic E-state index is -0.403. The number of nitrogens with one attached hydrogen (secondary N) is 1. The molecule has 0 bridgehead atoms. The number of amides is 1. The van der Waals surface area contributed by atoms with Gasteiger partial charge in [0.2, 0.25) is 5.91 Å². The fourth-order valence-electron chi connectivity index (χ4n) is 2.97. The maximum Gasteiger partial charge on any atom is 0.249 e. The molecular formula is C18H23Cl2N3O2S. The lowest BCUT2D eigenvalue weighted by Gasteiger charge is -2.17. The molecular weight excluding hydrogens is 393 g/mol. The fraction of sp³-hybridized carbons (Fsp3) is 0.444. The van der Waals surface area contributed by atoms with Crippen LogP contribution in [0.15, 0.2) is 24.3 Å². The number of aryl methyl sites for hydroxylation is 1. The first kappa shape index (κ1) is 21.1. The number of nitrogens with two attached hydrogens (primary N) is 1. The Morgan fingerprint density at radius 3 is 2.73 bits per heavy atom. The smallest absolute Gasteiger partial charge is 0.249 e. The molecule has 8 heteroatoms. The van der Waals surface area contributed by atoms with E-state index in [1.165, 1.54) is 0 Å². The van der Waals surface area contributed by atoms with Crippen molar-refractivity contribution in [1.82, 2.24) is 10.3 Å². The summed E-state index contributed by atoms with van der Waals surface area (Å²) in [7, 11) is 0. The first-order valence-electron chi connectivity index (χ1n) is 8.37. The van der Waals surface area contributed by atoms with Gasteiger partial charge in [0.1, 0.15) is 11.1 Å². The molecule has 3 rings (SSSR count). The molecule has 142 valence electrons. The Balaban J connectivity index is 0.00000243. The number of carbonyl (C=O) groups excluding carboxylic acids is 1. The monoisotopic (exact) mass is 415 g/mol. The summed E-state index contributed by atoms with van der Waals surface area (Å²) in [6.07, 6.45) is 1.15. The lowest BCUT2D eigenvalue weighted by Crippen LogP contribution is -2.36. The molecule has 1 aromatic carbocycles. The minimum Gasteiger partial charge on any atom is -0.364 e. The number of benzene rings is 1. The third-order valence-corrected chi connectivity index (χ3v) is 5.98. The molecule has 2 heterocycles. The van der Waals surface area contributed by atoms with Gasteiger partial charge in [-0.2, -0.15) is 0 Å². The van der Waals surface area contributed by atoms with E-state index in [1.54, 1.807) is 11.3 Å². The Morgan fingerprint density at radius 1 is 1.42 bits per heavy atom. The first-order chi connectivity index (χ1) is 12.0. The summed E-state index contributed by atoms with van der Waals surface area (Å²) in [4.78, 5) is 18.1. The van der Waals surface area contributed by atoms with E-state index in [4.69, 9.17) is 22.1 Å². The van der Waals surface area contributed by atoms with Crippen molar-refractivity contribution in [1.29, 1.82) is 0 Å². The predicted octanol–water partition coefficient (Wildman–Crippen LogP) is 3.88. The van der Waals surface area contributed by atoms with Crippen LogP contribution in [0, 0.1) is 6.92 Å². The Hall–Kier alpha value is -1.18. The Labute approximate surface area is 168 Å². The van der Waals surface area contributed by atoms with Crippen LogP contribution in [0.2, 0.25) is 5.02 Å². The van der Waals surface area contributed by atoms with Gasteiger partial charge in [0.25, 0.3) is 0 Å². The van der Waals surface area contributed by atoms with Crippen LogP contribution in [0.4, 0.5) is 0 Å². The molecule has 0 radical (unpaired) electrons. The van der Waals surface area contributed by atoms with Crippen molar-refractivity contribution in [2.24, 2.45) is 5.73 Å². The lowest BCUT2D eigenvalue weighted by molar-refractivity contribution is -0.132. The molecule has 0 aliphatic carbocycles. The zero-order valence-electron chi connectivity index (χ0n) is 14.7. The molecule has 0 spiro atoms. The largest absolute Gasteiger partial charge is 0.364 e. The second-order valence-electron chi connectivity index (χ2n) is 6.27. The number of hydrogen-bond acceptors (Lipinski definition) is 5. The van der Waals surface area contributed by atoms with Gasteiger partial charge in [-0.15, -0.1) is 23.7 Å². The number of thiazole rings is 1. The maximum atomic E-state index is 12.4. The fourth-order valence-corrected chi connectivity index (χ4v) is 4.17. The average molecular weight is 416 g/mol. The number of nitrogens with zero attached hydrogens (tertiary/aromatic N) is 1. The number of aromatic nitrogens is 1. The molecule has 26 heavy (non-hydrogen) atoms. The number of ether oxygens (including phenoxy) is 1. The third-order valence-electron chi connectivity index (χ3n) is 4.34. The van der Waals surface area contributed by atoms with Crippen molar-refractivity contribution in [3.8, 4) is 10.6 Å². The van der Waals surface area contributed by atoms with Crippen molar-refractivity contribution < 1.29 is 9.53 Å². The van der Waals surface area contributed by atoms with Crippen molar-refractivity contribution in [2.75, 3.05) is 6.54 Å². The van der Waals surface area contributed by atoms with Gasteiger partial charge in [-0.1, -0.05) is 23.7 Å². The molecule has 1 amide bonds. The van der Waals surface area contributed by atoms with Crippen LogP contribution in [0.5, 0.6) is 0 Å². The van der Waals surface area contributed by atoms with Gasteiger partial charge in [-0.05, 0) is 38.8 Å². The third kappa shape index (κ3) is 4.75. The molecule has 5 nitrogen and oxygen atoms in total. The maximum absolute atomic E-state index is 12.4. The van der Waals surface area contributed by atoms with Gasteiger partial charge < -0.3 is 15.8 Å². The Kier molecular flexibility index (Phi) is 7.43.